The van der Waals surface area contributed by atoms with Crippen LogP contribution in [0.15, 0.2) is 0 Å². The molecule has 30 heavy (non-hydrogen) atoms. The topological polar surface area (TPSA) is 245 Å². The van der Waals surface area contributed by atoms with E-state index < -0.39 is 85.2 Å². The Balaban J connectivity index is 5.22. The summed E-state index contributed by atoms with van der Waals surface area (Å²) in [7, 11) is 0. The lowest BCUT2D eigenvalue weighted by atomic mass is 10.1. The number of carbonyl (C=O) groups is 6. The molecule has 14 heteroatoms. The fourth-order valence-electron chi connectivity index (χ4n) is 2.07. The molecule has 0 heterocycles. The van der Waals surface area contributed by atoms with E-state index in [-0.39, 0.29) is 0 Å². The Kier molecular flexibility index (Phi) is 11.0. The molecule has 0 spiro atoms. The minimum atomic E-state index is -1.81. The van der Waals surface area contributed by atoms with Crippen LogP contribution in [0.4, 0.5) is 0 Å². The number of rotatable bonds is 13. The van der Waals surface area contributed by atoms with Crippen molar-refractivity contribution in [1.29, 1.82) is 0 Å². The normalized spacial score (nSPS) is 15.6. The van der Waals surface area contributed by atoms with E-state index in [4.69, 9.17) is 21.1 Å². The third kappa shape index (κ3) is 9.79. The van der Waals surface area contributed by atoms with Crippen molar-refractivity contribution in [3.63, 3.8) is 0 Å². The summed E-state index contributed by atoms with van der Waals surface area (Å²) in [6.07, 6.45) is -3.13. The molecule has 0 aromatic heterocycles. The number of aliphatic carboxylic acids is 3. The van der Waals surface area contributed by atoms with Crippen LogP contribution in [0.2, 0.25) is 0 Å². The van der Waals surface area contributed by atoms with Crippen LogP contribution in [-0.2, 0) is 28.8 Å². The van der Waals surface area contributed by atoms with Crippen molar-refractivity contribution in [2.45, 2.75) is 63.4 Å². The molecular formula is C16H26N4O10. The molecule has 3 amide bonds. The number of carbonyl (C=O) groups excluding carboxylic acids is 3. The Morgan fingerprint density at radius 1 is 0.800 bits per heavy atom. The van der Waals surface area contributed by atoms with Crippen LogP contribution in [0, 0.1) is 0 Å². The van der Waals surface area contributed by atoms with Crippen molar-refractivity contribution in [3.05, 3.63) is 0 Å². The lowest BCUT2D eigenvalue weighted by molar-refractivity contribution is -0.147. The molecule has 14 nitrogen and oxygen atoms in total. The molecule has 0 aliphatic carbocycles. The number of nitrogens with one attached hydrogen (secondary N) is 3. The Morgan fingerprint density at radius 3 is 1.77 bits per heavy atom. The Morgan fingerprint density at radius 2 is 1.33 bits per heavy atom. The van der Waals surface area contributed by atoms with E-state index in [1.165, 1.54) is 13.8 Å². The van der Waals surface area contributed by atoms with Crippen LogP contribution in [0.3, 0.4) is 0 Å². The zero-order valence-corrected chi connectivity index (χ0v) is 16.3. The lowest BCUT2D eigenvalue weighted by Crippen LogP contribution is -2.57. The molecule has 0 saturated carbocycles. The number of aliphatic hydroxyl groups excluding tert-OH is 1. The predicted molar refractivity (Wildman–Crippen MR) is 97.9 cm³/mol. The largest absolute Gasteiger partial charge is 0.481 e. The quantitative estimate of drug-likeness (QED) is 0.142. The lowest BCUT2D eigenvalue weighted by Gasteiger charge is -2.23. The van der Waals surface area contributed by atoms with Gasteiger partial charge >= 0.3 is 17.9 Å². The summed E-state index contributed by atoms with van der Waals surface area (Å²) >= 11 is 0. The minimum Gasteiger partial charge on any atom is -0.481 e. The molecule has 0 aromatic carbocycles. The van der Waals surface area contributed by atoms with E-state index in [1.54, 1.807) is 0 Å². The maximum atomic E-state index is 12.3. The van der Waals surface area contributed by atoms with Crippen LogP contribution in [-0.4, -0.2) is 86.3 Å². The van der Waals surface area contributed by atoms with E-state index in [1.807, 2.05) is 5.32 Å². The van der Waals surface area contributed by atoms with Crippen molar-refractivity contribution in [2.75, 3.05) is 0 Å². The third-order valence-corrected chi connectivity index (χ3v) is 3.85. The molecule has 0 aromatic rings. The summed E-state index contributed by atoms with van der Waals surface area (Å²) < 4.78 is 0. The van der Waals surface area contributed by atoms with Gasteiger partial charge in [0.15, 0.2) is 0 Å². The average Bonchev–Trinajstić information content (AvgIpc) is 2.62. The molecule has 0 radical (unpaired) electrons. The van der Waals surface area contributed by atoms with E-state index in [9.17, 15) is 33.9 Å². The van der Waals surface area contributed by atoms with Crippen molar-refractivity contribution >= 4 is 35.6 Å². The molecule has 5 unspecified atom stereocenters. The smallest absolute Gasteiger partial charge is 0.326 e. The third-order valence-electron chi connectivity index (χ3n) is 3.85. The highest BCUT2D eigenvalue weighted by Crippen LogP contribution is 2.02. The summed E-state index contributed by atoms with van der Waals surface area (Å²) in [6, 6.07) is -5.88. The van der Waals surface area contributed by atoms with Gasteiger partial charge in [0, 0.05) is 6.42 Å². The zero-order chi connectivity index (χ0) is 23.6. The van der Waals surface area contributed by atoms with Gasteiger partial charge in [-0.05, 0) is 20.3 Å². The van der Waals surface area contributed by atoms with Gasteiger partial charge in [0.25, 0.3) is 0 Å². The van der Waals surface area contributed by atoms with Crippen molar-refractivity contribution in [1.82, 2.24) is 16.0 Å². The molecule has 0 bridgehead atoms. The Hall–Kier alpha value is -3.26. The first-order valence-corrected chi connectivity index (χ1v) is 8.77. The van der Waals surface area contributed by atoms with E-state index >= 15 is 0 Å². The van der Waals surface area contributed by atoms with Crippen LogP contribution in [0.1, 0.15) is 33.1 Å². The van der Waals surface area contributed by atoms with Crippen LogP contribution < -0.4 is 21.7 Å². The second kappa shape index (κ2) is 12.3. The van der Waals surface area contributed by atoms with Gasteiger partial charge in [-0.2, -0.15) is 0 Å². The predicted octanol–water partition coefficient (Wildman–Crippen LogP) is -3.41. The summed E-state index contributed by atoms with van der Waals surface area (Å²) in [5.74, 6) is -7.33. The molecule has 5 atom stereocenters. The second-order valence-corrected chi connectivity index (χ2v) is 6.49. The molecule has 0 rings (SSSR count). The van der Waals surface area contributed by atoms with Gasteiger partial charge < -0.3 is 42.1 Å². The van der Waals surface area contributed by atoms with Crippen LogP contribution in [0.5, 0.6) is 0 Å². The number of hydrogen-bond donors (Lipinski definition) is 8. The Labute approximate surface area is 170 Å². The molecule has 0 fully saturated rings. The van der Waals surface area contributed by atoms with E-state index in [0.29, 0.717) is 0 Å². The number of hydrogen-bond acceptors (Lipinski definition) is 8. The molecule has 9 N–H and O–H groups in total. The first kappa shape index (κ1) is 26.7. The van der Waals surface area contributed by atoms with Gasteiger partial charge in [-0.25, -0.2) is 4.79 Å². The first-order valence-electron chi connectivity index (χ1n) is 8.77. The monoisotopic (exact) mass is 434 g/mol. The standard InChI is InChI=1S/C16H26N4O10/c1-6(18-15(28)12(17)7(2)21)13(26)19-8(3-4-10(22)23)14(27)20-9(16(29)30)5-11(24)25/h6-9,12,21H,3-5,17H2,1-2H3,(H,18,28)(H,19,26)(H,20,27)(H,22,23)(H,24,25)(H,29,30). The highest BCUT2D eigenvalue weighted by molar-refractivity contribution is 5.94. The maximum Gasteiger partial charge on any atom is 0.326 e. The van der Waals surface area contributed by atoms with E-state index in [0.717, 1.165) is 0 Å². The SMILES string of the molecule is CC(NC(=O)C(N)C(C)O)C(=O)NC(CCC(=O)O)C(=O)NC(CC(=O)O)C(=O)O. The minimum absolute atomic E-state index is 0.430. The number of aliphatic hydroxyl groups is 1. The molecule has 170 valence electrons. The second-order valence-electron chi connectivity index (χ2n) is 6.49. The Bertz CT molecular complexity index is 681. The van der Waals surface area contributed by atoms with Crippen LogP contribution >= 0.6 is 0 Å². The number of amides is 3. The average molecular weight is 434 g/mol. The zero-order valence-electron chi connectivity index (χ0n) is 16.3. The van der Waals surface area contributed by atoms with Gasteiger partial charge in [0.1, 0.15) is 24.2 Å². The molecule has 0 saturated heterocycles. The molecular weight excluding hydrogens is 408 g/mol. The summed E-state index contributed by atoms with van der Waals surface area (Å²) in [5, 5.41) is 42.1. The van der Waals surface area contributed by atoms with Gasteiger partial charge in [0.2, 0.25) is 17.7 Å². The van der Waals surface area contributed by atoms with Gasteiger partial charge in [0.05, 0.1) is 12.5 Å². The van der Waals surface area contributed by atoms with Gasteiger partial charge in [-0.1, -0.05) is 0 Å². The maximum absolute atomic E-state index is 12.3. The summed E-state index contributed by atoms with van der Waals surface area (Å²) in [5.41, 5.74) is 5.44. The first-order chi connectivity index (χ1) is 13.8. The number of carboxylic acids is 3. The highest BCUT2D eigenvalue weighted by Gasteiger charge is 2.30. The summed E-state index contributed by atoms with van der Waals surface area (Å²) in [4.78, 5) is 69.0. The van der Waals surface area contributed by atoms with Crippen LogP contribution in [0.25, 0.3) is 0 Å². The number of carboxylic acid groups (broad SMARTS) is 3. The van der Waals surface area contributed by atoms with E-state index in [2.05, 4.69) is 10.6 Å². The fourth-order valence-corrected chi connectivity index (χ4v) is 2.07. The van der Waals surface area contributed by atoms with Crippen molar-refractivity contribution in [3.8, 4) is 0 Å². The fraction of sp³-hybridized carbons (Fsp3) is 0.625. The van der Waals surface area contributed by atoms with Crippen molar-refractivity contribution < 1.29 is 49.2 Å². The highest BCUT2D eigenvalue weighted by atomic mass is 16.4. The van der Waals surface area contributed by atoms with Gasteiger partial charge in [-0.15, -0.1) is 0 Å². The van der Waals surface area contributed by atoms with Gasteiger partial charge in [-0.3, -0.25) is 24.0 Å². The molecule has 0 aliphatic heterocycles. The molecule has 0 aliphatic rings. The van der Waals surface area contributed by atoms with Crippen molar-refractivity contribution in [2.24, 2.45) is 5.73 Å². The number of nitrogens with two attached hydrogens (primary N) is 1. The summed E-state index contributed by atoms with van der Waals surface area (Å²) in [6.45, 7) is 2.50.